The van der Waals surface area contributed by atoms with E-state index in [-0.39, 0.29) is 12.6 Å². The third-order valence-corrected chi connectivity index (χ3v) is 3.00. The van der Waals surface area contributed by atoms with E-state index in [1.165, 1.54) is 4.80 Å². The first-order valence-electron chi connectivity index (χ1n) is 6.57. The van der Waals surface area contributed by atoms with Crippen molar-refractivity contribution in [1.82, 2.24) is 20.2 Å². The van der Waals surface area contributed by atoms with Gasteiger partial charge in [0.1, 0.15) is 5.75 Å². The summed E-state index contributed by atoms with van der Waals surface area (Å²) in [5.41, 5.74) is 1.90. The van der Waals surface area contributed by atoms with E-state index in [0.717, 1.165) is 11.1 Å². The molecule has 0 atom stereocenters. The Morgan fingerprint density at radius 2 is 2.27 bits per heavy atom. The highest BCUT2D eigenvalue weighted by atomic mass is 35.5. The van der Waals surface area contributed by atoms with Crippen molar-refractivity contribution < 1.29 is 9.53 Å². The monoisotopic (exact) mass is 321 g/mol. The first-order valence-corrected chi connectivity index (χ1v) is 6.95. The molecule has 1 aromatic heterocycles. The Hall–Kier alpha value is -2.41. The third kappa shape index (κ3) is 4.05. The van der Waals surface area contributed by atoms with Crippen molar-refractivity contribution in [3.05, 3.63) is 40.9 Å². The minimum atomic E-state index is -0.394. The Morgan fingerprint density at radius 3 is 2.95 bits per heavy atom. The van der Waals surface area contributed by atoms with Gasteiger partial charge < -0.3 is 4.74 Å². The molecule has 1 heterocycles. The predicted octanol–water partition coefficient (Wildman–Crippen LogP) is 2.15. The fourth-order valence-corrected chi connectivity index (χ4v) is 2.25. The molecule has 0 radical (unpaired) electrons. The summed E-state index contributed by atoms with van der Waals surface area (Å²) in [6, 6.07) is 3.71. The number of carbonyl (C=O) groups excluding carboxylic acids is 1. The molecule has 0 saturated carbocycles. The SMILES string of the molecule is C=CCn1nnc(NC(=O)COc2c(C)cc(C)cc2Cl)n1. The largest absolute Gasteiger partial charge is 0.482 e. The van der Waals surface area contributed by atoms with Gasteiger partial charge in [0.25, 0.3) is 11.9 Å². The lowest BCUT2D eigenvalue weighted by molar-refractivity contribution is -0.118. The second-order valence-corrected chi connectivity index (χ2v) is 5.09. The second-order valence-electron chi connectivity index (χ2n) is 4.69. The molecule has 0 saturated heterocycles. The van der Waals surface area contributed by atoms with Gasteiger partial charge in [-0.05, 0) is 36.3 Å². The van der Waals surface area contributed by atoms with Crippen molar-refractivity contribution in [2.24, 2.45) is 0 Å². The van der Waals surface area contributed by atoms with E-state index < -0.39 is 5.91 Å². The van der Waals surface area contributed by atoms with Gasteiger partial charge in [0.05, 0.1) is 11.6 Å². The summed E-state index contributed by atoms with van der Waals surface area (Å²) in [6.07, 6.45) is 1.62. The number of hydrogen-bond donors (Lipinski definition) is 1. The number of anilines is 1. The molecular formula is C14H16ClN5O2. The quantitative estimate of drug-likeness (QED) is 0.824. The number of carbonyl (C=O) groups is 1. The lowest BCUT2D eigenvalue weighted by Crippen LogP contribution is -2.21. The summed E-state index contributed by atoms with van der Waals surface area (Å²) in [5, 5.41) is 14.4. The van der Waals surface area contributed by atoms with Crippen LogP contribution in [0.2, 0.25) is 5.02 Å². The number of tetrazole rings is 1. The van der Waals surface area contributed by atoms with Crippen molar-refractivity contribution in [3.63, 3.8) is 0 Å². The Kier molecular flexibility index (Phi) is 5.11. The van der Waals surface area contributed by atoms with Crippen LogP contribution >= 0.6 is 11.6 Å². The molecule has 7 nitrogen and oxygen atoms in total. The number of benzene rings is 1. The summed E-state index contributed by atoms with van der Waals surface area (Å²) in [7, 11) is 0. The Balaban J connectivity index is 1.94. The molecule has 0 bridgehead atoms. The third-order valence-electron chi connectivity index (χ3n) is 2.72. The van der Waals surface area contributed by atoms with E-state index >= 15 is 0 Å². The normalized spacial score (nSPS) is 10.3. The Morgan fingerprint density at radius 1 is 1.50 bits per heavy atom. The van der Waals surface area contributed by atoms with Crippen molar-refractivity contribution in [1.29, 1.82) is 0 Å². The molecule has 0 fully saturated rings. The van der Waals surface area contributed by atoms with E-state index in [9.17, 15) is 4.79 Å². The van der Waals surface area contributed by atoms with Crippen LogP contribution in [0, 0.1) is 13.8 Å². The minimum absolute atomic E-state index is 0.113. The minimum Gasteiger partial charge on any atom is -0.482 e. The number of rotatable bonds is 6. The highest BCUT2D eigenvalue weighted by Crippen LogP contribution is 2.29. The van der Waals surface area contributed by atoms with Crippen LogP contribution in [-0.4, -0.2) is 32.7 Å². The molecule has 0 aliphatic heterocycles. The zero-order chi connectivity index (χ0) is 16.1. The number of aromatic nitrogens is 4. The highest BCUT2D eigenvalue weighted by molar-refractivity contribution is 6.32. The molecule has 2 rings (SSSR count). The summed E-state index contributed by atoms with van der Waals surface area (Å²) in [4.78, 5) is 13.1. The molecule has 0 aliphatic carbocycles. The van der Waals surface area contributed by atoms with Crippen LogP contribution in [0.25, 0.3) is 0 Å². The van der Waals surface area contributed by atoms with Gasteiger partial charge in [-0.25, -0.2) is 0 Å². The number of hydrogen-bond acceptors (Lipinski definition) is 5. The second kappa shape index (κ2) is 7.04. The Bertz CT molecular complexity index is 675. The number of nitrogens with one attached hydrogen (secondary N) is 1. The highest BCUT2D eigenvalue weighted by Gasteiger charge is 2.11. The molecule has 1 amide bonds. The molecule has 0 aliphatic rings. The van der Waals surface area contributed by atoms with Crippen LogP contribution in [0.1, 0.15) is 11.1 Å². The average Bonchev–Trinajstić information content (AvgIpc) is 2.85. The average molecular weight is 322 g/mol. The van der Waals surface area contributed by atoms with Crippen LogP contribution in [0.3, 0.4) is 0 Å². The number of halogens is 1. The standard InChI is InChI=1S/C14H16ClN5O2/c1-4-5-20-18-14(17-19-20)16-12(21)8-22-13-10(3)6-9(2)7-11(13)15/h4,6-7H,1,5,8H2,2-3H3,(H,16,18,21). The van der Waals surface area contributed by atoms with Crippen LogP contribution in [-0.2, 0) is 11.3 Å². The zero-order valence-corrected chi connectivity index (χ0v) is 13.1. The molecule has 0 spiro atoms. The number of aryl methyl sites for hydroxylation is 2. The van der Waals surface area contributed by atoms with Crippen molar-refractivity contribution in [2.75, 3.05) is 11.9 Å². The van der Waals surface area contributed by atoms with Gasteiger partial charge in [-0.1, -0.05) is 28.8 Å². The van der Waals surface area contributed by atoms with Crippen molar-refractivity contribution in [3.8, 4) is 5.75 Å². The smallest absolute Gasteiger partial charge is 0.270 e. The van der Waals surface area contributed by atoms with E-state index in [4.69, 9.17) is 16.3 Å². The van der Waals surface area contributed by atoms with Gasteiger partial charge in [0.2, 0.25) is 0 Å². The molecule has 22 heavy (non-hydrogen) atoms. The molecule has 8 heteroatoms. The Labute approximate surface area is 132 Å². The van der Waals surface area contributed by atoms with Crippen molar-refractivity contribution >= 4 is 23.5 Å². The maximum atomic E-state index is 11.8. The lowest BCUT2D eigenvalue weighted by Gasteiger charge is -2.11. The van der Waals surface area contributed by atoms with Gasteiger partial charge in [-0.3, -0.25) is 10.1 Å². The fraction of sp³-hybridized carbons (Fsp3) is 0.286. The van der Waals surface area contributed by atoms with Crippen molar-refractivity contribution in [2.45, 2.75) is 20.4 Å². The summed E-state index contributed by atoms with van der Waals surface area (Å²) in [6.45, 7) is 7.59. The summed E-state index contributed by atoms with van der Waals surface area (Å²) in [5.74, 6) is 0.210. The molecule has 1 N–H and O–H groups in total. The van der Waals surface area contributed by atoms with Gasteiger partial charge in [0, 0.05) is 0 Å². The van der Waals surface area contributed by atoms with E-state index in [2.05, 4.69) is 27.3 Å². The number of nitrogens with zero attached hydrogens (tertiary/aromatic N) is 4. The molecular weight excluding hydrogens is 306 g/mol. The van der Waals surface area contributed by atoms with Crippen LogP contribution in [0.5, 0.6) is 5.75 Å². The summed E-state index contributed by atoms with van der Waals surface area (Å²) >= 11 is 6.11. The first-order chi connectivity index (χ1) is 10.5. The fourth-order valence-electron chi connectivity index (χ4n) is 1.87. The number of amides is 1. The number of allylic oxidation sites excluding steroid dienone is 1. The van der Waals surface area contributed by atoms with Crippen LogP contribution < -0.4 is 10.1 Å². The molecule has 1 aromatic carbocycles. The van der Waals surface area contributed by atoms with Gasteiger partial charge in [-0.2, -0.15) is 4.80 Å². The van der Waals surface area contributed by atoms with Crippen LogP contribution in [0.15, 0.2) is 24.8 Å². The lowest BCUT2D eigenvalue weighted by atomic mass is 10.1. The maximum absolute atomic E-state index is 11.8. The number of ether oxygens (including phenoxy) is 1. The molecule has 2 aromatic rings. The topological polar surface area (TPSA) is 81.9 Å². The van der Waals surface area contributed by atoms with Gasteiger partial charge in [0.15, 0.2) is 6.61 Å². The van der Waals surface area contributed by atoms with Gasteiger partial charge >= 0.3 is 0 Å². The van der Waals surface area contributed by atoms with E-state index in [1.807, 2.05) is 19.9 Å². The predicted molar refractivity (Wildman–Crippen MR) is 83.1 cm³/mol. The molecule has 116 valence electrons. The summed E-state index contributed by atoms with van der Waals surface area (Å²) < 4.78 is 5.47. The maximum Gasteiger partial charge on any atom is 0.270 e. The van der Waals surface area contributed by atoms with Crippen LogP contribution in [0.4, 0.5) is 5.95 Å². The van der Waals surface area contributed by atoms with E-state index in [0.29, 0.717) is 17.3 Å². The van der Waals surface area contributed by atoms with Gasteiger partial charge in [-0.15, -0.1) is 11.7 Å². The van der Waals surface area contributed by atoms with E-state index in [1.54, 1.807) is 12.1 Å². The zero-order valence-electron chi connectivity index (χ0n) is 12.3. The molecule has 0 unspecified atom stereocenters. The first kappa shape index (κ1) is 16.0.